The first kappa shape index (κ1) is 14.3. The van der Waals surface area contributed by atoms with E-state index in [-0.39, 0.29) is 18.3 Å². The molecule has 0 saturated carbocycles. The number of hydrazine groups is 1. The largest absolute Gasteiger partial charge is 0.294 e. The lowest BCUT2D eigenvalue weighted by Gasteiger charge is -2.17. The van der Waals surface area contributed by atoms with Gasteiger partial charge in [-0.3, -0.25) is 10.2 Å². The van der Waals surface area contributed by atoms with Crippen LogP contribution in [0.4, 0.5) is 0 Å². The van der Waals surface area contributed by atoms with Crippen molar-refractivity contribution in [2.75, 3.05) is 0 Å². The van der Waals surface area contributed by atoms with Crippen LogP contribution in [0.25, 0.3) is 0 Å². The van der Waals surface area contributed by atoms with Crippen LogP contribution in [0.5, 0.6) is 0 Å². The van der Waals surface area contributed by atoms with E-state index in [1.165, 1.54) is 0 Å². The van der Waals surface area contributed by atoms with E-state index < -0.39 is 0 Å². The Morgan fingerprint density at radius 2 is 2.00 bits per heavy atom. The standard InChI is InChI=1S/C8H18N2O.ClH/c1-4-7(6(2)3)5-8(11)10-9;/h6-7H,4-5,9H2,1-3H3,(H,10,11);1H. The van der Waals surface area contributed by atoms with Gasteiger partial charge >= 0.3 is 0 Å². The number of hydrogen-bond donors (Lipinski definition) is 2. The second-order valence-corrected chi connectivity index (χ2v) is 3.18. The molecule has 0 aliphatic heterocycles. The van der Waals surface area contributed by atoms with Gasteiger partial charge in [-0.15, -0.1) is 12.4 Å². The molecule has 0 saturated heterocycles. The lowest BCUT2D eigenvalue weighted by molar-refractivity contribution is -0.122. The van der Waals surface area contributed by atoms with E-state index in [0.717, 1.165) is 6.42 Å². The summed E-state index contributed by atoms with van der Waals surface area (Å²) in [5.74, 6) is 5.92. The highest BCUT2D eigenvalue weighted by Crippen LogP contribution is 2.18. The number of halogens is 1. The molecule has 0 radical (unpaired) electrons. The molecule has 0 spiro atoms. The van der Waals surface area contributed by atoms with Crippen LogP contribution in [0.3, 0.4) is 0 Å². The van der Waals surface area contributed by atoms with Gasteiger partial charge in [0.1, 0.15) is 0 Å². The van der Waals surface area contributed by atoms with Gasteiger partial charge in [-0.05, 0) is 11.8 Å². The first-order valence-electron chi connectivity index (χ1n) is 4.11. The molecule has 1 atom stereocenters. The highest BCUT2D eigenvalue weighted by molar-refractivity contribution is 5.85. The highest BCUT2D eigenvalue weighted by atomic mass is 35.5. The molecule has 0 aromatic rings. The lowest BCUT2D eigenvalue weighted by atomic mass is 9.90. The van der Waals surface area contributed by atoms with Crippen molar-refractivity contribution in [3.8, 4) is 0 Å². The Hall–Kier alpha value is -0.280. The summed E-state index contributed by atoms with van der Waals surface area (Å²) in [7, 11) is 0. The fourth-order valence-electron chi connectivity index (χ4n) is 1.15. The van der Waals surface area contributed by atoms with Crippen molar-refractivity contribution in [2.24, 2.45) is 17.7 Å². The Kier molecular flexibility index (Phi) is 8.76. The summed E-state index contributed by atoms with van der Waals surface area (Å²) in [5.41, 5.74) is 2.15. The molecule has 0 aromatic heterocycles. The van der Waals surface area contributed by atoms with Crippen molar-refractivity contribution >= 4 is 18.3 Å². The lowest BCUT2D eigenvalue weighted by Crippen LogP contribution is -2.32. The van der Waals surface area contributed by atoms with E-state index in [1.54, 1.807) is 0 Å². The summed E-state index contributed by atoms with van der Waals surface area (Å²) in [6.45, 7) is 6.34. The normalized spacial score (nSPS) is 12.1. The highest BCUT2D eigenvalue weighted by Gasteiger charge is 2.14. The van der Waals surface area contributed by atoms with Crippen LogP contribution in [0.15, 0.2) is 0 Å². The number of hydrogen-bond acceptors (Lipinski definition) is 2. The average molecular weight is 195 g/mol. The van der Waals surface area contributed by atoms with Gasteiger partial charge in [-0.25, -0.2) is 5.84 Å². The molecular weight excluding hydrogens is 176 g/mol. The first-order valence-corrected chi connectivity index (χ1v) is 4.11. The third-order valence-corrected chi connectivity index (χ3v) is 2.08. The summed E-state index contributed by atoms with van der Waals surface area (Å²) in [6, 6.07) is 0. The van der Waals surface area contributed by atoms with Crippen LogP contribution in [-0.4, -0.2) is 5.91 Å². The van der Waals surface area contributed by atoms with Gasteiger partial charge in [-0.2, -0.15) is 0 Å². The maximum atomic E-state index is 10.8. The summed E-state index contributed by atoms with van der Waals surface area (Å²) in [6.07, 6.45) is 1.58. The zero-order valence-electron chi connectivity index (χ0n) is 7.96. The minimum atomic E-state index is -0.0643. The zero-order chi connectivity index (χ0) is 8.85. The molecule has 74 valence electrons. The predicted molar refractivity (Wildman–Crippen MR) is 52.8 cm³/mol. The van der Waals surface area contributed by atoms with Crippen molar-refractivity contribution in [1.29, 1.82) is 0 Å². The predicted octanol–water partition coefficient (Wildman–Crippen LogP) is 1.47. The smallest absolute Gasteiger partial charge is 0.234 e. The molecule has 1 amide bonds. The van der Waals surface area contributed by atoms with E-state index in [1.807, 2.05) is 0 Å². The molecule has 3 N–H and O–H groups in total. The van der Waals surface area contributed by atoms with Crippen molar-refractivity contribution in [3.05, 3.63) is 0 Å². The summed E-state index contributed by atoms with van der Waals surface area (Å²) >= 11 is 0. The Bertz CT molecular complexity index is 128. The summed E-state index contributed by atoms with van der Waals surface area (Å²) in [5, 5.41) is 0. The fraction of sp³-hybridized carbons (Fsp3) is 0.875. The number of carbonyl (C=O) groups excluding carboxylic acids is 1. The van der Waals surface area contributed by atoms with Crippen molar-refractivity contribution < 1.29 is 4.79 Å². The van der Waals surface area contributed by atoms with Gasteiger partial charge in [0.2, 0.25) is 5.91 Å². The second kappa shape index (κ2) is 7.37. The van der Waals surface area contributed by atoms with E-state index in [2.05, 4.69) is 26.2 Å². The minimum absolute atomic E-state index is 0. The molecule has 0 rings (SSSR count). The molecule has 0 aliphatic carbocycles. The maximum Gasteiger partial charge on any atom is 0.234 e. The number of nitrogens with two attached hydrogens (primary N) is 1. The summed E-state index contributed by atoms with van der Waals surface area (Å²) in [4.78, 5) is 10.8. The Labute approximate surface area is 80.5 Å². The Morgan fingerprint density at radius 3 is 2.25 bits per heavy atom. The van der Waals surface area contributed by atoms with Crippen molar-refractivity contribution in [3.63, 3.8) is 0 Å². The number of carbonyl (C=O) groups is 1. The molecule has 0 fully saturated rings. The van der Waals surface area contributed by atoms with Crippen LogP contribution in [0.2, 0.25) is 0 Å². The number of nitrogens with one attached hydrogen (secondary N) is 1. The molecule has 1 unspecified atom stereocenters. The first-order chi connectivity index (χ1) is 5.11. The topological polar surface area (TPSA) is 55.1 Å². The molecular formula is C8H19ClN2O. The minimum Gasteiger partial charge on any atom is -0.294 e. The monoisotopic (exact) mass is 194 g/mol. The Balaban J connectivity index is 0. The molecule has 0 aromatic carbocycles. The number of rotatable bonds is 4. The fourth-order valence-corrected chi connectivity index (χ4v) is 1.15. The van der Waals surface area contributed by atoms with Crippen LogP contribution >= 0.6 is 12.4 Å². The van der Waals surface area contributed by atoms with E-state index in [4.69, 9.17) is 5.84 Å². The van der Waals surface area contributed by atoms with Crippen LogP contribution in [-0.2, 0) is 4.79 Å². The van der Waals surface area contributed by atoms with E-state index in [9.17, 15) is 4.79 Å². The second-order valence-electron chi connectivity index (χ2n) is 3.18. The molecule has 12 heavy (non-hydrogen) atoms. The average Bonchev–Trinajstić information content (AvgIpc) is 1.99. The van der Waals surface area contributed by atoms with Gasteiger partial charge in [0.25, 0.3) is 0 Å². The zero-order valence-corrected chi connectivity index (χ0v) is 8.78. The quantitative estimate of drug-likeness (QED) is 0.405. The maximum absolute atomic E-state index is 10.8. The van der Waals surface area contributed by atoms with Gasteiger partial charge < -0.3 is 0 Å². The van der Waals surface area contributed by atoms with Crippen molar-refractivity contribution in [1.82, 2.24) is 5.43 Å². The van der Waals surface area contributed by atoms with Crippen molar-refractivity contribution in [2.45, 2.75) is 33.6 Å². The van der Waals surface area contributed by atoms with Gasteiger partial charge in [0, 0.05) is 6.42 Å². The van der Waals surface area contributed by atoms with Crippen LogP contribution < -0.4 is 11.3 Å². The van der Waals surface area contributed by atoms with Crippen LogP contribution in [0, 0.1) is 11.8 Å². The third kappa shape index (κ3) is 5.38. The summed E-state index contributed by atoms with van der Waals surface area (Å²) < 4.78 is 0. The molecule has 3 nitrogen and oxygen atoms in total. The van der Waals surface area contributed by atoms with Gasteiger partial charge in [0.05, 0.1) is 0 Å². The molecule has 0 bridgehead atoms. The van der Waals surface area contributed by atoms with Crippen LogP contribution in [0.1, 0.15) is 33.6 Å². The van der Waals surface area contributed by atoms with Gasteiger partial charge in [0.15, 0.2) is 0 Å². The molecule has 0 heterocycles. The van der Waals surface area contributed by atoms with E-state index in [0.29, 0.717) is 18.3 Å². The number of amides is 1. The van der Waals surface area contributed by atoms with Gasteiger partial charge in [-0.1, -0.05) is 27.2 Å². The SMILES string of the molecule is CCC(CC(=O)NN)C(C)C.Cl. The Morgan fingerprint density at radius 1 is 1.50 bits per heavy atom. The third-order valence-electron chi connectivity index (χ3n) is 2.08. The van der Waals surface area contributed by atoms with E-state index >= 15 is 0 Å². The molecule has 0 aliphatic rings. The molecule has 4 heteroatoms.